The number of rotatable bonds is 3. The summed E-state index contributed by atoms with van der Waals surface area (Å²) in [6.07, 6.45) is 0. The normalized spacial score (nSPS) is 13.9. The predicted octanol–water partition coefficient (Wildman–Crippen LogP) is 1.83. The second-order valence-corrected chi connectivity index (χ2v) is 4.55. The van der Waals surface area contributed by atoms with Crippen LogP contribution in [0, 0.1) is 5.82 Å². The molecule has 94 valence electrons. The van der Waals surface area contributed by atoms with Crippen molar-refractivity contribution in [2.24, 2.45) is 0 Å². The molecule has 0 saturated carbocycles. The molecule has 0 amide bonds. The minimum Gasteiger partial charge on any atom is -0.493 e. The van der Waals surface area contributed by atoms with Crippen molar-refractivity contribution in [1.29, 1.82) is 0 Å². The van der Waals surface area contributed by atoms with E-state index in [1.807, 2.05) is 0 Å². The first-order valence-electron chi connectivity index (χ1n) is 5.28. The van der Waals surface area contributed by atoms with Gasteiger partial charge in [0.05, 0.1) is 13.7 Å². The van der Waals surface area contributed by atoms with Crippen LogP contribution in [0.25, 0.3) is 0 Å². The molecule has 1 aromatic carbocycles. The lowest BCUT2D eigenvalue weighted by Crippen LogP contribution is -2.23. The van der Waals surface area contributed by atoms with E-state index in [2.05, 4.69) is 0 Å². The molecule has 1 aliphatic rings. The van der Waals surface area contributed by atoms with Gasteiger partial charge in [-0.2, -0.15) is 4.39 Å². The molecule has 5 heteroatoms. The summed E-state index contributed by atoms with van der Waals surface area (Å²) >= 11 is 0. The van der Waals surface area contributed by atoms with E-state index in [1.54, 1.807) is 19.9 Å². The number of ether oxygens (including phenoxy) is 3. The monoisotopic (exact) mass is 242 g/mol. The van der Waals surface area contributed by atoms with Crippen LogP contribution < -0.4 is 14.2 Å². The van der Waals surface area contributed by atoms with Gasteiger partial charge in [-0.15, -0.1) is 0 Å². The summed E-state index contributed by atoms with van der Waals surface area (Å²) in [7, 11) is 1.39. The lowest BCUT2D eigenvalue weighted by molar-refractivity contribution is 0.170. The van der Waals surface area contributed by atoms with Crippen LogP contribution in [0.5, 0.6) is 17.2 Å². The van der Waals surface area contributed by atoms with Crippen LogP contribution in [-0.2, 0) is 5.41 Å². The molecule has 0 bridgehead atoms. The number of aliphatic hydroxyl groups excluding tert-OH is 1. The largest absolute Gasteiger partial charge is 0.493 e. The zero-order valence-corrected chi connectivity index (χ0v) is 10.0. The molecule has 2 rings (SSSR count). The predicted molar refractivity (Wildman–Crippen MR) is 59.2 cm³/mol. The lowest BCUT2D eigenvalue weighted by Gasteiger charge is -2.25. The fourth-order valence-corrected chi connectivity index (χ4v) is 1.77. The average Bonchev–Trinajstić information content (AvgIpc) is 2.77. The Morgan fingerprint density at radius 3 is 2.76 bits per heavy atom. The van der Waals surface area contributed by atoms with Gasteiger partial charge in [0, 0.05) is 11.0 Å². The van der Waals surface area contributed by atoms with E-state index in [0.29, 0.717) is 11.3 Å². The Morgan fingerprint density at radius 1 is 1.47 bits per heavy atom. The second-order valence-electron chi connectivity index (χ2n) is 4.55. The summed E-state index contributed by atoms with van der Waals surface area (Å²) in [4.78, 5) is 0. The number of benzene rings is 1. The molecule has 0 aromatic heterocycles. The van der Waals surface area contributed by atoms with Crippen LogP contribution in [0.2, 0.25) is 0 Å². The van der Waals surface area contributed by atoms with E-state index >= 15 is 0 Å². The minimum atomic E-state index is -0.618. The first kappa shape index (κ1) is 12.0. The van der Waals surface area contributed by atoms with Crippen molar-refractivity contribution in [3.63, 3.8) is 0 Å². The summed E-state index contributed by atoms with van der Waals surface area (Å²) < 4.78 is 29.4. The molecular weight excluding hydrogens is 227 g/mol. The van der Waals surface area contributed by atoms with Crippen molar-refractivity contribution >= 4 is 0 Å². The first-order valence-corrected chi connectivity index (χ1v) is 5.28. The lowest BCUT2D eigenvalue weighted by atomic mass is 9.84. The Morgan fingerprint density at radius 2 is 2.18 bits per heavy atom. The number of methoxy groups -OCH3 is 1. The fourth-order valence-electron chi connectivity index (χ4n) is 1.77. The summed E-state index contributed by atoms with van der Waals surface area (Å²) in [5.41, 5.74) is -0.0584. The van der Waals surface area contributed by atoms with Gasteiger partial charge in [0.2, 0.25) is 18.4 Å². The fraction of sp³-hybridized carbons (Fsp3) is 0.500. The van der Waals surface area contributed by atoms with Crippen molar-refractivity contribution in [2.75, 3.05) is 20.5 Å². The molecule has 0 unspecified atom stereocenters. The van der Waals surface area contributed by atoms with Crippen LogP contribution in [0.15, 0.2) is 6.07 Å². The van der Waals surface area contributed by atoms with Gasteiger partial charge in [0.15, 0.2) is 11.5 Å². The summed E-state index contributed by atoms with van der Waals surface area (Å²) in [5, 5.41) is 9.36. The zero-order chi connectivity index (χ0) is 12.6. The maximum atomic E-state index is 14.1. The van der Waals surface area contributed by atoms with Crippen LogP contribution in [0.1, 0.15) is 19.4 Å². The highest BCUT2D eigenvalue weighted by molar-refractivity contribution is 5.55. The molecule has 1 aromatic rings. The Labute approximate surface area is 98.9 Å². The Hall–Kier alpha value is -1.49. The quantitative estimate of drug-likeness (QED) is 0.878. The highest BCUT2D eigenvalue weighted by atomic mass is 19.1. The summed E-state index contributed by atoms with van der Waals surface area (Å²) in [6.45, 7) is 3.47. The topological polar surface area (TPSA) is 47.9 Å². The van der Waals surface area contributed by atoms with Gasteiger partial charge in [-0.05, 0) is 6.07 Å². The van der Waals surface area contributed by atoms with E-state index in [9.17, 15) is 9.50 Å². The SMILES string of the molecule is COc1c(C(C)(C)CO)cc2c(c1F)OCO2. The van der Waals surface area contributed by atoms with Gasteiger partial charge < -0.3 is 19.3 Å². The molecule has 0 spiro atoms. The number of aliphatic hydroxyl groups is 1. The summed E-state index contributed by atoms with van der Waals surface area (Å²) in [6, 6.07) is 1.65. The van der Waals surface area contributed by atoms with Crippen molar-refractivity contribution in [2.45, 2.75) is 19.3 Å². The van der Waals surface area contributed by atoms with E-state index in [-0.39, 0.29) is 24.9 Å². The van der Waals surface area contributed by atoms with Gasteiger partial charge >= 0.3 is 0 Å². The standard InChI is InChI=1S/C12H15FO4/c1-12(2,5-14)7-4-8-11(17-6-16-8)9(13)10(7)15-3/h4,14H,5-6H2,1-3H3. The molecule has 0 aliphatic carbocycles. The molecular formula is C12H15FO4. The first-order chi connectivity index (χ1) is 8.01. The van der Waals surface area contributed by atoms with Crippen molar-refractivity contribution in [3.8, 4) is 17.2 Å². The van der Waals surface area contributed by atoms with Crippen LogP contribution in [0.3, 0.4) is 0 Å². The molecule has 0 saturated heterocycles. The van der Waals surface area contributed by atoms with Crippen molar-refractivity contribution < 1.29 is 23.7 Å². The number of hydrogen-bond donors (Lipinski definition) is 1. The van der Waals surface area contributed by atoms with E-state index in [0.717, 1.165) is 0 Å². The smallest absolute Gasteiger partial charge is 0.231 e. The minimum absolute atomic E-state index is 0.00157. The van der Waals surface area contributed by atoms with Crippen molar-refractivity contribution in [1.82, 2.24) is 0 Å². The van der Waals surface area contributed by atoms with Gasteiger partial charge in [0.1, 0.15) is 0 Å². The van der Waals surface area contributed by atoms with Gasteiger partial charge in [-0.3, -0.25) is 0 Å². The highest BCUT2D eigenvalue weighted by Crippen LogP contribution is 2.45. The molecule has 17 heavy (non-hydrogen) atoms. The number of fused-ring (bicyclic) bond motifs is 1. The highest BCUT2D eigenvalue weighted by Gasteiger charge is 2.32. The third-order valence-corrected chi connectivity index (χ3v) is 2.89. The van der Waals surface area contributed by atoms with Gasteiger partial charge in [0.25, 0.3) is 0 Å². The Balaban J connectivity index is 2.64. The molecule has 0 radical (unpaired) electrons. The van der Waals surface area contributed by atoms with Crippen LogP contribution in [0.4, 0.5) is 4.39 Å². The third kappa shape index (κ3) is 1.80. The third-order valence-electron chi connectivity index (χ3n) is 2.89. The van der Waals surface area contributed by atoms with Gasteiger partial charge in [-0.25, -0.2) is 0 Å². The zero-order valence-electron chi connectivity index (χ0n) is 10.0. The molecule has 0 atom stereocenters. The van der Waals surface area contributed by atoms with E-state index in [4.69, 9.17) is 14.2 Å². The molecule has 0 fully saturated rings. The maximum absolute atomic E-state index is 14.1. The molecule has 1 N–H and O–H groups in total. The van der Waals surface area contributed by atoms with E-state index < -0.39 is 11.2 Å². The number of hydrogen-bond acceptors (Lipinski definition) is 4. The Bertz CT molecular complexity index is 443. The average molecular weight is 242 g/mol. The number of halogens is 1. The van der Waals surface area contributed by atoms with Crippen molar-refractivity contribution in [3.05, 3.63) is 17.4 Å². The molecule has 1 aliphatic heterocycles. The van der Waals surface area contributed by atoms with Crippen LogP contribution >= 0.6 is 0 Å². The summed E-state index contributed by atoms with van der Waals surface area (Å²) in [5.74, 6) is -0.0773. The van der Waals surface area contributed by atoms with Gasteiger partial charge in [-0.1, -0.05) is 13.8 Å². The Kier molecular flexibility index (Phi) is 2.87. The van der Waals surface area contributed by atoms with E-state index in [1.165, 1.54) is 7.11 Å². The second kappa shape index (κ2) is 4.07. The van der Waals surface area contributed by atoms with Crippen LogP contribution in [-0.4, -0.2) is 25.6 Å². The molecule has 4 nitrogen and oxygen atoms in total. The molecule has 1 heterocycles. The maximum Gasteiger partial charge on any atom is 0.231 e.